The van der Waals surface area contributed by atoms with Gasteiger partial charge in [0.05, 0.1) is 12.6 Å². The van der Waals surface area contributed by atoms with Crippen LogP contribution in [0, 0.1) is 0 Å². The third-order valence-corrected chi connectivity index (χ3v) is 4.12. The van der Waals surface area contributed by atoms with Gasteiger partial charge < -0.3 is 14.8 Å². The van der Waals surface area contributed by atoms with E-state index in [1.165, 1.54) is 0 Å². The fourth-order valence-electron chi connectivity index (χ4n) is 2.77. The number of nitrogens with one attached hydrogen (secondary N) is 1. The normalized spacial score (nSPS) is 18.2. The molecule has 1 aliphatic heterocycles. The Balaban J connectivity index is 1.57. The first-order chi connectivity index (χ1) is 13.2. The minimum absolute atomic E-state index is 0.0614. The second-order valence-electron chi connectivity index (χ2n) is 5.97. The average molecular weight is 366 g/mol. The smallest absolute Gasteiger partial charge is 0.333 e. The second kappa shape index (κ2) is 8.84. The maximum atomic E-state index is 12.2. The van der Waals surface area contributed by atoms with Crippen LogP contribution in [0.1, 0.15) is 17.2 Å². The number of hydrogen-bond acceptors (Lipinski definition) is 5. The summed E-state index contributed by atoms with van der Waals surface area (Å²) in [6, 6.07) is 17.6. The second-order valence-corrected chi connectivity index (χ2v) is 5.97. The van der Waals surface area contributed by atoms with Crippen molar-refractivity contribution in [1.82, 2.24) is 5.32 Å². The van der Waals surface area contributed by atoms with Crippen LogP contribution in [0.2, 0.25) is 0 Å². The number of hydrogen-bond donors (Lipinski definition) is 1. The fraction of sp³-hybridized carbons (Fsp3) is 0.263. The number of amides is 1. The lowest BCUT2D eigenvalue weighted by molar-refractivity contribution is -0.153. The minimum atomic E-state index is -0.799. The highest BCUT2D eigenvalue weighted by atomic mass is 16.6. The summed E-state index contributed by atoms with van der Waals surface area (Å²) in [5.41, 5.74) is 10.1. The van der Waals surface area contributed by atoms with Gasteiger partial charge in [0.2, 0.25) is 5.91 Å². The number of β-lactam (4-membered cyclic amide) rings is 1. The highest BCUT2D eigenvalue weighted by Crippen LogP contribution is 2.26. The van der Waals surface area contributed by atoms with Crippen LogP contribution in [0.4, 0.5) is 0 Å². The van der Waals surface area contributed by atoms with Gasteiger partial charge in [0.1, 0.15) is 12.6 Å². The number of rotatable bonds is 8. The van der Waals surface area contributed by atoms with Crippen molar-refractivity contribution < 1.29 is 19.1 Å². The number of esters is 1. The van der Waals surface area contributed by atoms with Crippen molar-refractivity contribution in [1.29, 1.82) is 0 Å². The zero-order valence-electron chi connectivity index (χ0n) is 14.4. The summed E-state index contributed by atoms with van der Waals surface area (Å²) in [4.78, 5) is 26.1. The van der Waals surface area contributed by atoms with E-state index in [1.807, 2.05) is 60.7 Å². The molecule has 0 spiro atoms. The molecule has 138 valence electrons. The Morgan fingerprint density at radius 1 is 1.11 bits per heavy atom. The quantitative estimate of drug-likeness (QED) is 0.254. The predicted molar refractivity (Wildman–Crippen MR) is 96.5 cm³/mol. The van der Waals surface area contributed by atoms with Gasteiger partial charge in [-0.05, 0) is 16.7 Å². The monoisotopic (exact) mass is 366 g/mol. The van der Waals surface area contributed by atoms with Crippen molar-refractivity contribution in [2.75, 3.05) is 13.2 Å². The Morgan fingerprint density at radius 3 is 2.22 bits per heavy atom. The van der Waals surface area contributed by atoms with E-state index < -0.39 is 24.2 Å². The van der Waals surface area contributed by atoms with E-state index in [0.29, 0.717) is 0 Å². The van der Waals surface area contributed by atoms with Gasteiger partial charge in [0.25, 0.3) is 0 Å². The summed E-state index contributed by atoms with van der Waals surface area (Å²) < 4.78 is 10.9. The molecule has 0 unspecified atom stereocenters. The highest BCUT2D eigenvalue weighted by Gasteiger charge is 2.38. The fourth-order valence-corrected chi connectivity index (χ4v) is 2.77. The lowest BCUT2D eigenvalue weighted by atomic mass is 10.0. The highest BCUT2D eigenvalue weighted by molar-refractivity contribution is 5.89. The molecule has 27 heavy (non-hydrogen) atoms. The number of azide groups is 1. The summed E-state index contributed by atoms with van der Waals surface area (Å²) in [7, 11) is 0. The van der Waals surface area contributed by atoms with Crippen LogP contribution in [0.25, 0.3) is 10.4 Å². The number of nitrogens with zero attached hydrogens (tertiary/aromatic N) is 3. The molecule has 0 saturated carbocycles. The first kappa shape index (κ1) is 18.4. The summed E-state index contributed by atoms with van der Waals surface area (Å²) >= 11 is 0. The van der Waals surface area contributed by atoms with Crippen molar-refractivity contribution in [2.45, 2.75) is 18.2 Å². The molecule has 1 aliphatic rings. The molecule has 3 rings (SSSR count). The van der Waals surface area contributed by atoms with Gasteiger partial charge in [-0.1, -0.05) is 65.8 Å². The molecule has 0 aliphatic carbocycles. The molecule has 1 fully saturated rings. The largest absolute Gasteiger partial charge is 0.451 e. The van der Waals surface area contributed by atoms with E-state index in [0.717, 1.165) is 11.1 Å². The molecule has 2 aromatic rings. The van der Waals surface area contributed by atoms with Gasteiger partial charge in [-0.25, -0.2) is 4.79 Å². The summed E-state index contributed by atoms with van der Waals surface area (Å²) in [6.07, 6.45) is -0.539. The van der Waals surface area contributed by atoms with Crippen molar-refractivity contribution in [2.24, 2.45) is 5.11 Å². The van der Waals surface area contributed by atoms with Crippen LogP contribution in [0.5, 0.6) is 0 Å². The molecule has 0 aromatic heterocycles. The molecule has 2 atom stereocenters. The van der Waals surface area contributed by atoms with Crippen LogP contribution in [0.15, 0.2) is 65.8 Å². The number of ether oxygens (including phenoxy) is 2. The van der Waals surface area contributed by atoms with Crippen LogP contribution in [-0.4, -0.2) is 37.2 Å². The lowest BCUT2D eigenvalue weighted by Crippen LogP contribution is -2.63. The van der Waals surface area contributed by atoms with Crippen LogP contribution < -0.4 is 5.32 Å². The van der Waals surface area contributed by atoms with Gasteiger partial charge in [-0.3, -0.25) is 4.79 Å². The Kier molecular flexibility index (Phi) is 6.04. The molecule has 8 heteroatoms. The van der Waals surface area contributed by atoms with Crippen molar-refractivity contribution in [3.05, 3.63) is 82.2 Å². The number of carbonyl (C=O) groups is 2. The van der Waals surface area contributed by atoms with Gasteiger partial charge in [-0.2, -0.15) is 0 Å². The van der Waals surface area contributed by atoms with Gasteiger partial charge in [0.15, 0.2) is 6.10 Å². The van der Waals surface area contributed by atoms with E-state index in [-0.39, 0.29) is 19.1 Å². The number of benzene rings is 2. The topological polar surface area (TPSA) is 113 Å². The zero-order chi connectivity index (χ0) is 19.1. The first-order valence-corrected chi connectivity index (χ1v) is 8.40. The van der Waals surface area contributed by atoms with E-state index in [1.54, 1.807) is 0 Å². The molecule has 0 bridgehead atoms. The first-order valence-electron chi connectivity index (χ1n) is 8.40. The molecule has 1 amide bonds. The number of carbonyl (C=O) groups excluding carboxylic acids is 2. The Bertz CT molecular complexity index is 796. The molecule has 1 saturated heterocycles. The third kappa shape index (κ3) is 4.63. The standard InChI is InChI=1S/C19H18N4O4/c20-23-22-17-15(21-19(17)25)11-26-12-16(24)27-18(13-7-3-1-4-8-13)14-9-5-2-6-10-14/h1-10,15,17-18H,11-12H2,(H,21,25)/t15-,17+/m0/s1. The van der Waals surface area contributed by atoms with Gasteiger partial charge in [0, 0.05) is 4.91 Å². The predicted octanol–water partition coefficient (Wildman–Crippen LogP) is 2.51. The molecule has 8 nitrogen and oxygen atoms in total. The lowest BCUT2D eigenvalue weighted by Gasteiger charge is -2.33. The van der Waals surface area contributed by atoms with Crippen molar-refractivity contribution >= 4 is 11.9 Å². The maximum Gasteiger partial charge on any atom is 0.333 e. The third-order valence-electron chi connectivity index (χ3n) is 4.12. The Labute approximate surface area is 155 Å². The molecule has 0 radical (unpaired) electrons. The SMILES string of the molecule is [N-]=[N+]=N[C@H]1C(=O)N[C@H]1COCC(=O)OC(c1ccccc1)c1ccccc1. The molecule has 2 aromatic carbocycles. The molecule has 1 N–H and O–H groups in total. The van der Waals surface area contributed by atoms with Gasteiger partial charge >= 0.3 is 5.97 Å². The van der Waals surface area contributed by atoms with Crippen molar-refractivity contribution in [3.8, 4) is 0 Å². The van der Waals surface area contributed by atoms with Gasteiger partial charge in [-0.15, -0.1) is 0 Å². The van der Waals surface area contributed by atoms with Crippen molar-refractivity contribution in [3.63, 3.8) is 0 Å². The zero-order valence-corrected chi connectivity index (χ0v) is 14.4. The van der Waals surface area contributed by atoms with Crippen LogP contribution >= 0.6 is 0 Å². The Hall–Kier alpha value is -3.35. The van der Waals surface area contributed by atoms with E-state index in [2.05, 4.69) is 15.3 Å². The molecular formula is C19H18N4O4. The average Bonchev–Trinajstić information content (AvgIpc) is 2.71. The minimum Gasteiger partial charge on any atom is -0.451 e. The summed E-state index contributed by atoms with van der Waals surface area (Å²) in [5, 5.41) is 5.95. The summed E-state index contributed by atoms with van der Waals surface area (Å²) in [6.45, 7) is -0.211. The Morgan fingerprint density at radius 2 is 1.70 bits per heavy atom. The molecular weight excluding hydrogens is 348 g/mol. The van der Waals surface area contributed by atoms with Crippen LogP contribution in [-0.2, 0) is 19.1 Å². The van der Waals surface area contributed by atoms with E-state index >= 15 is 0 Å². The van der Waals surface area contributed by atoms with E-state index in [9.17, 15) is 9.59 Å². The van der Waals surface area contributed by atoms with Crippen LogP contribution in [0.3, 0.4) is 0 Å². The molecule has 1 heterocycles. The maximum absolute atomic E-state index is 12.2. The van der Waals surface area contributed by atoms with E-state index in [4.69, 9.17) is 15.0 Å². The summed E-state index contributed by atoms with van der Waals surface area (Å²) in [5.74, 6) is -0.879.